The molecule has 1 heterocycles. The highest BCUT2D eigenvalue weighted by Gasteiger charge is 2.22. The molecule has 0 aliphatic rings. The normalized spacial score (nSPS) is 10.8. The fraction of sp³-hybridized carbons (Fsp3) is 0.0800. The van der Waals surface area contributed by atoms with E-state index in [2.05, 4.69) is 10.3 Å². The molecule has 0 fully saturated rings. The molecule has 9 heteroatoms. The van der Waals surface area contributed by atoms with E-state index >= 15 is 0 Å². The molecule has 0 bridgehead atoms. The van der Waals surface area contributed by atoms with Crippen molar-refractivity contribution >= 4 is 34.4 Å². The lowest BCUT2D eigenvalue weighted by Crippen LogP contribution is -2.29. The molecule has 1 amide bonds. The molecular formula is C25H17ClF2N2O4. The average Bonchev–Trinajstić information content (AvgIpc) is 2.84. The molecule has 0 radical (unpaired) electrons. The number of hydrogen-bond donors (Lipinski definition) is 2. The van der Waals surface area contributed by atoms with Crippen LogP contribution in [0.15, 0.2) is 65.5 Å². The number of rotatable bonds is 5. The third kappa shape index (κ3) is 4.27. The Bertz CT molecular complexity index is 1490. The Morgan fingerprint density at radius 2 is 1.76 bits per heavy atom. The summed E-state index contributed by atoms with van der Waals surface area (Å²) >= 11 is 6.44. The molecule has 0 spiro atoms. The number of carbonyl (C=O) groups excluding carboxylic acids is 2. The minimum absolute atomic E-state index is 0.0587. The van der Waals surface area contributed by atoms with E-state index in [1.807, 2.05) is 30.3 Å². The highest BCUT2D eigenvalue weighted by Crippen LogP contribution is 2.33. The number of H-pyrrole nitrogens is 1. The fourth-order valence-electron chi connectivity index (χ4n) is 3.61. The number of nitrogens with one attached hydrogen (secondary N) is 2. The van der Waals surface area contributed by atoms with Crippen molar-refractivity contribution in [2.45, 2.75) is 6.54 Å². The molecule has 0 atom stereocenters. The summed E-state index contributed by atoms with van der Waals surface area (Å²) in [6.07, 6.45) is 0. The Kier molecular flexibility index (Phi) is 6.43. The van der Waals surface area contributed by atoms with Crippen molar-refractivity contribution in [3.05, 3.63) is 104 Å². The zero-order valence-electron chi connectivity index (χ0n) is 17.7. The monoisotopic (exact) mass is 482 g/mol. The lowest BCUT2D eigenvalue weighted by Gasteiger charge is -2.14. The van der Waals surface area contributed by atoms with Gasteiger partial charge in [-0.1, -0.05) is 41.9 Å². The summed E-state index contributed by atoms with van der Waals surface area (Å²) in [5.41, 5.74) is 0.701. The highest BCUT2D eigenvalue weighted by molar-refractivity contribution is 6.35. The van der Waals surface area contributed by atoms with Gasteiger partial charge >= 0.3 is 5.97 Å². The molecule has 0 saturated heterocycles. The summed E-state index contributed by atoms with van der Waals surface area (Å²) < 4.78 is 31.5. The van der Waals surface area contributed by atoms with Crippen LogP contribution in [0.2, 0.25) is 5.02 Å². The van der Waals surface area contributed by atoms with Crippen LogP contribution in [0.25, 0.3) is 22.0 Å². The number of benzene rings is 3. The van der Waals surface area contributed by atoms with E-state index in [9.17, 15) is 23.2 Å². The molecule has 172 valence electrons. The van der Waals surface area contributed by atoms with Crippen LogP contribution in [0.3, 0.4) is 0 Å². The van der Waals surface area contributed by atoms with Crippen LogP contribution in [0.5, 0.6) is 0 Å². The molecule has 3 aromatic carbocycles. The van der Waals surface area contributed by atoms with Crippen LogP contribution in [0.4, 0.5) is 8.78 Å². The predicted molar refractivity (Wildman–Crippen MR) is 124 cm³/mol. The van der Waals surface area contributed by atoms with Gasteiger partial charge in [0.1, 0.15) is 5.69 Å². The van der Waals surface area contributed by atoms with E-state index in [0.717, 1.165) is 30.9 Å². The largest absolute Gasteiger partial charge is 0.464 e. The van der Waals surface area contributed by atoms with Gasteiger partial charge in [-0.05, 0) is 35.9 Å². The molecule has 0 saturated carbocycles. The molecule has 4 rings (SSSR count). The number of pyridine rings is 1. The third-order valence-electron chi connectivity index (χ3n) is 5.28. The van der Waals surface area contributed by atoms with Gasteiger partial charge in [0.25, 0.3) is 5.91 Å². The lowest BCUT2D eigenvalue weighted by atomic mass is 9.99. The summed E-state index contributed by atoms with van der Waals surface area (Å²) in [6, 6.07) is 14.8. The Morgan fingerprint density at radius 1 is 1.03 bits per heavy atom. The minimum atomic E-state index is -1.18. The van der Waals surface area contributed by atoms with Crippen LogP contribution >= 0.6 is 11.6 Å². The zero-order valence-corrected chi connectivity index (χ0v) is 18.5. The smallest absolute Gasteiger partial charge is 0.354 e. The number of carbonyl (C=O) groups is 2. The molecule has 2 N–H and O–H groups in total. The van der Waals surface area contributed by atoms with Gasteiger partial charge in [-0.3, -0.25) is 9.59 Å². The van der Waals surface area contributed by atoms with Crippen LogP contribution in [0, 0.1) is 11.6 Å². The topological polar surface area (TPSA) is 88.3 Å². The van der Waals surface area contributed by atoms with Crippen molar-refractivity contribution in [3.63, 3.8) is 0 Å². The standard InChI is InChI=1S/C25H17ClF2N2O4/c1-34-25(33)22-16(12-29-24(32)14-7-10-18(27)19(28)11-14)23(31)15-8-9-17(26)20(21(15)30-22)13-5-3-2-4-6-13/h2-11H,12H2,1H3,(H,29,32)(H,30,31). The number of aromatic amines is 1. The van der Waals surface area contributed by atoms with E-state index in [1.54, 1.807) is 6.07 Å². The van der Waals surface area contributed by atoms with Gasteiger partial charge in [0.15, 0.2) is 17.1 Å². The van der Waals surface area contributed by atoms with E-state index in [-0.39, 0.29) is 28.8 Å². The third-order valence-corrected chi connectivity index (χ3v) is 5.60. The maximum Gasteiger partial charge on any atom is 0.354 e. The quantitative estimate of drug-likeness (QED) is 0.398. The molecule has 1 aromatic heterocycles. The minimum Gasteiger partial charge on any atom is -0.464 e. The van der Waals surface area contributed by atoms with Gasteiger partial charge in [0.05, 0.1) is 23.2 Å². The molecule has 0 aliphatic carbocycles. The second kappa shape index (κ2) is 9.44. The van der Waals surface area contributed by atoms with Gasteiger partial charge in [0.2, 0.25) is 0 Å². The molecule has 6 nitrogen and oxygen atoms in total. The zero-order chi connectivity index (χ0) is 24.4. The molecule has 34 heavy (non-hydrogen) atoms. The Labute approximate surface area is 197 Å². The first kappa shape index (κ1) is 23.1. The molecule has 0 aliphatic heterocycles. The van der Waals surface area contributed by atoms with Crippen molar-refractivity contribution in [2.24, 2.45) is 0 Å². The van der Waals surface area contributed by atoms with Crippen molar-refractivity contribution < 1.29 is 23.1 Å². The van der Waals surface area contributed by atoms with Gasteiger partial charge in [-0.15, -0.1) is 0 Å². The second-order valence-corrected chi connectivity index (χ2v) is 7.73. The lowest BCUT2D eigenvalue weighted by molar-refractivity contribution is 0.0592. The fourth-order valence-corrected chi connectivity index (χ4v) is 3.88. The Balaban J connectivity index is 1.82. The number of aromatic nitrogens is 1. The average molecular weight is 483 g/mol. The first-order valence-electron chi connectivity index (χ1n) is 10.1. The van der Waals surface area contributed by atoms with Crippen LogP contribution in [-0.2, 0) is 11.3 Å². The van der Waals surface area contributed by atoms with Gasteiger partial charge in [0, 0.05) is 23.1 Å². The van der Waals surface area contributed by atoms with Crippen molar-refractivity contribution in [1.29, 1.82) is 0 Å². The summed E-state index contributed by atoms with van der Waals surface area (Å²) in [5.74, 6) is -3.86. The maximum atomic E-state index is 13.5. The first-order valence-corrected chi connectivity index (χ1v) is 10.4. The number of halogens is 3. The Morgan fingerprint density at radius 3 is 2.44 bits per heavy atom. The molecular weight excluding hydrogens is 466 g/mol. The predicted octanol–water partition coefficient (Wildman–Crippen LogP) is 4.84. The second-order valence-electron chi connectivity index (χ2n) is 7.32. The summed E-state index contributed by atoms with van der Waals surface area (Å²) in [5, 5.41) is 3.07. The van der Waals surface area contributed by atoms with Gasteiger partial charge < -0.3 is 15.0 Å². The highest BCUT2D eigenvalue weighted by atomic mass is 35.5. The van der Waals surface area contributed by atoms with Gasteiger partial charge in [-0.25, -0.2) is 13.6 Å². The summed E-state index contributed by atoms with van der Waals surface area (Å²) in [4.78, 5) is 41.3. The van der Waals surface area contributed by atoms with Crippen molar-refractivity contribution in [2.75, 3.05) is 7.11 Å². The van der Waals surface area contributed by atoms with E-state index in [0.29, 0.717) is 16.1 Å². The number of amides is 1. The maximum absolute atomic E-state index is 13.5. The summed E-state index contributed by atoms with van der Waals surface area (Å²) in [7, 11) is 1.16. The Hall–Kier alpha value is -4.04. The number of methoxy groups -OCH3 is 1. The number of fused-ring (bicyclic) bond motifs is 1. The molecule has 4 aromatic rings. The number of esters is 1. The SMILES string of the molecule is COC(=O)c1[nH]c2c(-c3ccccc3)c(Cl)ccc2c(=O)c1CNC(=O)c1ccc(F)c(F)c1. The van der Waals surface area contributed by atoms with Gasteiger partial charge in [-0.2, -0.15) is 0 Å². The molecule has 0 unspecified atom stereocenters. The number of ether oxygens (including phenoxy) is 1. The van der Waals surface area contributed by atoms with E-state index < -0.39 is 28.9 Å². The van der Waals surface area contributed by atoms with Crippen molar-refractivity contribution in [3.8, 4) is 11.1 Å². The van der Waals surface area contributed by atoms with Crippen LogP contribution in [0.1, 0.15) is 26.4 Å². The number of hydrogen-bond acceptors (Lipinski definition) is 4. The van der Waals surface area contributed by atoms with Crippen molar-refractivity contribution in [1.82, 2.24) is 10.3 Å². The van der Waals surface area contributed by atoms with Crippen LogP contribution < -0.4 is 10.7 Å². The van der Waals surface area contributed by atoms with E-state index in [4.69, 9.17) is 16.3 Å². The summed E-state index contributed by atoms with van der Waals surface area (Å²) in [6.45, 7) is -0.364. The van der Waals surface area contributed by atoms with Crippen LogP contribution in [-0.4, -0.2) is 24.0 Å². The first-order chi connectivity index (χ1) is 16.3. The van der Waals surface area contributed by atoms with E-state index in [1.165, 1.54) is 6.07 Å².